The molecule has 1 fully saturated rings. The third kappa shape index (κ3) is 6.45. The van der Waals surface area contributed by atoms with Gasteiger partial charge in [-0.2, -0.15) is 0 Å². The van der Waals surface area contributed by atoms with E-state index in [9.17, 15) is 4.79 Å². The number of aromatic nitrogens is 2. The number of carbonyl (C=O) groups is 1. The van der Waals surface area contributed by atoms with Crippen LogP contribution in [0.1, 0.15) is 24.9 Å². The van der Waals surface area contributed by atoms with Gasteiger partial charge in [0.2, 0.25) is 5.95 Å². The number of amides is 2. The number of benzene rings is 1. The van der Waals surface area contributed by atoms with Crippen LogP contribution in [0.15, 0.2) is 36.7 Å². The van der Waals surface area contributed by atoms with Gasteiger partial charge in [-0.25, -0.2) is 14.8 Å². The molecule has 1 aliphatic heterocycles. The second kappa shape index (κ2) is 11.4. The topological polar surface area (TPSA) is 91.9 Å². The molecule has 0 saturated carbocycles. The second-order valence-corrected chi connectivity index (χ2v) is 7.47. The zero-order valence-corrected chi connectivity index (χ0v) is 18.5. The maximum atomic E-state index is 12.2. The van der Waals surface area contributed by atoms with Crippen molar-refractivity contribution in [3.8, 4) is 11.5 Å². The van der Waals surface area contributed by atoms with E-state index in [-0.39, 0.29) is 12.1 Å². The summed E-state index contributed by atoms with van der Waals surface area (Å²) in [7, 11) is 3.20. The SMILES string of the molecule is COc1ccc(C(C)NC(=O)NCCCN2CCN(c3ncccn3)CC2)cc1OC. The predicted octanol–water partition coefficient (Wildman–Crippen LogP) is 2.07. The lowest BCUT2D eigenvalue weighted by Gasteiger charge is -2.34. The number of nitrogens with one attached hydrogen (secondary N) is 2. The lowest BCUT2D eigenvalue weighted by molar-refractivity contribution is 0.233. The number of carbonyl (C=O) groups excluding carboxylic acids is 1. The molecule has 3 rings (SSSR count). The van der Waals surface area contributed by atoms with Crippen molar-refractivity contribution in [2.45, 2.75) is 19.4 Å². The summed E-state index contributed by atoms with van der Waals surface area (Å²) in [5.41, 5.74) is 0.952. The summed E-state index contributed by atoms with van der Waals surface area (Å²) in [6, 6.07) is 7.16. The van der Waals surface area contributed by atoms with Gasteiger partial charge in [-0.15, -0.1) is 0 Å². The van der Waals surface area contributed by atoms with Crippen LogP contribution in [0.4, 0.5) is 10.7 Å². The van der Waals surface area contributed by atoms with Crippen LogP contribution >= 0.6 is 0 Å². The van der Waals surface area contributed by atoms with Crippen LogP contribution in [0, 0.1) is 0 Å². The van der Waals surface area contributed by atoms with Gasteiger partial charge in [0.05, 0.1) is 20.3 Å². The van der Waals surface area contributed by atoms with Gasteiger partial charge in [-0.1, -0.05) is 6.07 Å². The van der Waals surface area contributed by atoms with Crippen LogP contribution in [0.25, 0.3) is 0 Å². The summed E-state index contributed by atoms with van der Waals surface area (Å²) in [6.07, 6.45) is 4.45. The van der Waals surface area contributed by atoms with Crippen LogP contribution in [-0.2, 0) is 0 Å². The van der Waals surface area contributed by atoms with Crippen molar-refractivity contribution in [1.82, 2.24) is 25.5 Å². The molecule has 1 atom stereocenters. The molecule has 31 heavy (non-hydrogen) atoms. The minimum atomic E-state index is -0.173. The number of anilines is 1. The van der Waals surface area contributed by atoms with Crippen molar-refractivity contribution in [2.75, 3.05) is 58.4 Å². The van der Waals surface area contributed by atoms with E-state index in [1.807, 2.05) is 31.2 Å². The van der Waals surface area contributed by atoms with Crippen LogP contribution < -0.4 is 25.0 Å². The van der Waals surface area contributed by atoms with E-state index in [1.54, 1.807) is 26.6 Å². The molecule has 0 bridgehead atoms. The largest absolute Gasteiger partial charge is 0.493 e. The minimum Gasteiger partial charge on any atom is -0.493 e. The van der Waals surface area contributed by atoms with Gasteiger partial charge >= 0.3 is 6.03 Å². The molecule has 9 heteroatoms. The van der Waals surface area contributed by atoms with Crippen molar-refractivity contribution >= 4 is 12.0 Å². The van der Waals surface area contributed by atoms with Gasteiger partial charge in [-0.3, -0.25) is 4.90 Å². The fraction of sp³-hybridized carbons (Fsp3) is 0.500. The van der Waals surface area contributed by atoms with Gasteiger partial charge in [-0.05, 0) is 43.7 Å². The Bertz CT molecular complexity index is 827. The van der Waals surface area contributed by atoms with Crippen LogP contribution in [0.2, 0.25) is 0 Å². The molecule has 1 aromatic carbocycles. The Kier molecular flexibility index (Phi) is 8.28. The highest BCUT2D eigenvalue weighted by Crippen LogP contribution is 2.29. The van der Waals surface area contributed by atoms with Crippen LogP contribution in [0.5, 0.6) is 11.5 Å². The normalized spacial score (nSPS) is 15.3. The maximum Gasteiger partial charge on any atom is 0.315 e. The molecular formula is C22H32N6O3. The Balaban J connectivity index is 1.33. The molecule has 1 aromatic heterocycles. The Hall–Kier alpha value is -3.07. The summed E-state index contributed by atoms with van der Waals surface area (Å²) in [5, 5.41) is 5.91. The highest BCUT2D eigenvalue weighted by molar-refractivity contribution is 5.74. The summed E-state index contributed by atoms with van der Waals surface area (Å²) in [4.78, 5) is 25.5. The van der Waals surface area contributed by atoms with Gasteiger partial charge < -0.3 is 25.0 Å². The standard InChI is InChI=1S/C22H32N6O3/c1-17(18-6-7-19(30-2)20(16-18)31-3)26-22(29)25-10-5-11-27-12-14-28(15-13-27)21-23-8-4-9-24-21/h4,6-9,16-17H,5,10-15H2,1-3H3,(H2,25,26,29). The minimum absolute atomic E-state index is 0.145. The number of nitrogens with zero attached hydrogens (tertiary/aromatic N) is 4. The molecule has 9 nitrogen and oxygen atoms in total. The zero-order chi connectivity index (χ0) is 22.1. The number of hydrogen-bond donors (Lipinski definition) is 2. The fourth-order valence-electron chi connectivity index (χ4n) is 3.58. The Morgan fingerprint density at radius 2 is 1.81 bits per heavy atom. The molecular weight excluding hydrogens is 396 g/mol. The third-order valence-corrected chi connectivity index (χ3v) is 5.40. The Morgan fingerprint density at radius 3 is 2.48 bits per heavy atom. The molecule has 0 aliphatic carbocycles. The molecule has 2 N–H and O–H groups in total. The summed E-state index contributed by atoms with van der Waals surface area (Å²) in [5.74, 6) is 2.11. The fourth-order valence-corrected chi connectivity index (χ4v) is 3.58. The van der Waals surface area contributed by atoms with Crippen LogP contribution in [0.3, 0.4) is 0 Å². The first-order valence-corrected chi connectivity index (χ1v) is 10.6. The summed E-state index contributed by atoms with van der Waals surface area (Å²) in [6.45, 7) is 7.31. The molecule has 2 aromatic rings. The summed E-state index contributed by atoms with van der Waals surface area (Å²) < 4.78 is 10.6. The molecule has 1 saturated heterocycles. The smallest absolute Gasteiger partial charge is 0.315 e. The molecule has 2 heterocycles. The van der Waals surface area contributed by atoms with Gasteiger partial charge in [0.25, 0.3) is 0 Å². The Morgan fingerprint density at radius 1 is 1.10 bits per heavy atom. The molecule has 168 valence electrons. The molecule has 0 spiro atoms. The van der Waals surface area contributed by atoms with E-state index >= 15 is 0 Å². The number of hydrogen-bond acceptors (Lipinski definition) is 7. The first-order chi connectivity index (χ1) is 15.1. The lowest BCUT2D eigenvalue weighted by atomic mass is 10.1. The van der Waals surface area contributed by atoms with E-state index in [0.717, 1.165) is 50.7 Å². The second-order valence-electron chi connectivity index (χ2n) is 7.47. The number of rotatable bonds is 9. The monoisotopic (exact) mass is 428 g/mol. The van der Waals surface area contributed by atoms with E-state index in [1.165, 1.54) is 0 Å². The van der Waals surface area contributed by atoms with Crippen molar-refractivity contribution in [1.29, 1.82) is 0 Å². The van der Waals surface area contributed by atoms with E-state index in [0.29, 0.717) is 18.0 Å². The van der Waals surface area contributed by atoms with Crippen molar-refractivity contribution in [3.05, 3.63) is 42.2 Å². The number of urea groups is 1. The highest BCUT2D eigenvalue weighted by atomic mass is 16.5. The molecule has 2 amide bonds. The maximum absolute atomic E-state index is 12.2. The quantitative estimate of drug-likeness (QED) is 0.591. The van der Waals surface area contributed by atoms with E-state index in [4.69, 9.17) is 9.47 Å². The lowest BCUT2D eigenvalue weighted by Crippen LogP contribution is -2.47. The average molecular weight is 429 g/mol. The number of piperazine rings is 1. The van der Waals surface area contributed by atoms with Crippen molar-refractivity contribution < 1.29 is 14.3 Å². The Labute approximate surface area is 183 Å². The first-order valence-electron chi connectivity index (χ1n) is 10.6. The van der Waals surface area contributed by atoms with Crippen LogP contribution in [-0.4, -0.2) is 74.4 Å². The zero-order valence-electron chi connectivity index (χ0n) is 18.5. The van der Waals surface area contributed by atoms with Crippen molar-refractivity contribution in [3.63, 3.8) is 0 Å². The van der Waals surface area contributed by atoms with E-state index in [2.05, 4.69) is 30.4 Å². The molecule has 0 radical (unpaired) electrons. The molecule has 1 aliphatic rings. The van der Waals surface area contributed by atoms with Gasteiger partial charge in [0, 0.05) is 45.1 Å². The third-order valence-electron chi connectivity index (χ3n) is 5.40. The van der Waals surface area contributed by atoms with Gasteiger partial charge in [0.1, 0.15) is 0 Å². The first kappa shape index (κ1) is 22.6. The average Bonchev–Trinajstić information content (AvgIpc) is 2.82. The van der Waals surface area contributed by atoms with Crippen molar-refractivity contribution in [2.24, 2.45) is 0 Å². The number of ether oxygens (including phenoxy) is 2. The van der Waals surface area contributed by atoms with E-state index < -0.39 is 0 Å². The summed E-state index contributed by atoms with van der Waals surface area (Å²) >= 11 is 0. The molecule has 1 unspecified atom stereocenters. The predicted molar refractivity (Wildman–Crippen MR) is 120 cm³/mol. The van der Waals surface area contributed by atoms with Gasteiger partial charge in [0.15, 0.2) is 11.5 Å². The highest BCUT2D eigenvalue weighted by Gasteiger charge is 2.18. The number of methoxy groups -OCH3 is 2.